The summed E-state index contributed by atoms with van der Waals surface area (Å²) in [6.45, 7) is 0. The summed E-state index contributed by atoms with van der Waals surface area (Å²) in [5, 5.41) is 12.8. The number of benzene rings is 1. The van der Waals surface area contributed by atoms with E-state index in [2.05, 4.69) is 15.3 Å². The SMILES string of the molecule is N#Cc1cncnc1Nc1ccc(Cl)c(Cl)c1. The summed E-state index contributed by atoms with van der Waals surface area (Å²) in [6, 6.07) is 7.07. The Morgan fingerprint density at radius 3 is 2.76 bits per heavy atom. The molecular formula is C11H6Cl2N4. The second kappa shape index (κ2) is 5.00. The number of nitriles is 1. The van der Waals surface area contributed by atoms with Gasteiger partial charge in [-0.2, -0.15) is 5.26 Å². The van der Waals surface area contributed by atoms with Crippen LogP contribution in [-0.2, 0) is 0 Å². The van der Waals surface area contributed by atoms with Crippen LogP contribution < -0.4 is 5.32 Å². The number of nitrogens with zero attached hydrogens (tertiary/aromatic N) is 3. The Morgan fingerprint density at radius 1 is 1.24 bits per heavy atom. The fourth-order valence-electron chi connectivity index (χ4n) is 1.22. The predicted molar refractivity (Wildman–Crippen MR) is 66.5 cm³/mol. The van der Waals surface area contributed by atoms with Gasteiger partial charge in [-0.25, -0.2) is 9.97 Å². The molecule has 2 aromatic rings. The first-order valence-corrected chi connectivity index (χ1v) is 5.38. The minimum Gasteiger partial charge on any atom is -0.339 e. The van der Waals surface area contributed by atoms with Gasteiger partial charge in [0.15, 0.2) is 5.82 Å². The van der Waals surface area contributed by atoms with Crippen molar-refractivity contribution in [3.05, 3.63) is 46.3 Å². The molecule has 1 N–H and O–H groups in total. The lowest BCUT2D eigenvalue weighted by atomic mass is 10.3. The van der Waals surface area contributed by atoms with Gasteiger partial charge >= 0.3 is 0 Å². The first-order valence-electron chi connectivity index (χ1n) is 4.63. The van der Waals surface area contributed by atoms with Crippen molar-refractivity contribution in [3.8, 4) is 6.07 Å². The molecule has 0 atom stereocenters. The van der Waals surface area contributed by atoms with Crippen LogP contribution in [0.4, 0.5) is 11.5 Å². The highest BCUT2D eigenvalue weighted by molar-refractivity contribution is 6.42. The maximum atomic E-state index is 8.88. The Bertz CT molecular complexity index is 592. The summed E-state index contributed by atoms with van der Waals surface area (Å²) in [5.41, 5.74) is 1.06. The van der Waals surface area contributed by atoms with E-state index in [9.17, 15) is 0 Å². The van der Waals surface area contributed by atoms with Crippen LogP contribution in [0.3, 0.4) is 0 Å². The topological polar surface area (TPSA) is 61.6 Å². The van der Waals surface area contributed by atoms with E-state index in [1.165, 1.54) is 12.5 Å². The first kappa shape index (κ1) is 11.6. The number of rotatable bonds is 2. The Balaban J connectivity index is 2.32. The fraction of sp³-hybridized carbons (Fsp3) is 0. The van der Waals surface area contributed by atoms with E-state index in [0.717, 1.165) is 0 Å². The molecule has 1 heterocycles. The van der Waals surface area contributed by atoms with Gasteiger partial charge in [-0.05, 0) is 18.2 Å². The number of hydrogen-bond donors (Lipinski definition) is 1. The highest BCUT2D eigenvalue weighted by Gasteiger charge is 2.05. The van der Waals surface area contributed by atoms with Crippen molar-refractivity contribution >= 4 is 34.7 Å². The van der Waals surface area contributed by atoms with E-state index < -0.39 is 0 Å². The summed E-state index contributed by atoms with van der Waals surface area (Å²) >= 11 is 11.7. The lowest BCUT2D eigenvalue weighted by Crippen LogP contribution is -1.97. The molecular weight excluding hydrogens is 259 g/mol. The molecule has 0 spiro atoms. The largest absolute Gasteiger partial charge is 0.339 e. The standard InChI is InChI=1S/C11H6Cl2N4/c12-9-2-1-8(3-10(9)13)17-11-7(4-14)5-15-6-16-11/h1-3,5-6H,(H,15,16,17). The average Bonchev–Trinajstić information content (AvgIpc) is 2.34. The molecule has 6 heteroatoms. The molecule has 1 aromatic carbocycles. The molecule has 0 saturated carbocycles. The predicted octanol–water partition coefficient (Wildman–Crippen LogP) is 3.40. The lowest BCUT2D eigenvalue weighted by Gasteiger charge is -2.07. The molecule has 84 valence electrons. The lowest BCUT2D eigenvalue weighted by molar-refractivity contribution is 1.15. The highest BCUT2D eigenvalue weighted by atomic mass is 35.5. The van der Waals surface area contributed by atoms with E-state index in [4.69, 9.17) is 28.5 Å². The third-order valence-electron chi connectivity index (χ3n) is 2.02. The van der Waals surface area contributed by atoms with Crippen molar-refractivity contribution in [1.29, 1.82) is 5.26 Å². The third-order valence-corrected chi connectivity index (χ3v) is 2.75. The summed E-state index contributed by atoms with van der Waals surface area (Å²) in [5.74, 6) is 0.431. The maximum absolute atomic E-state index is 8.88. The van der Waals surface area contributed by atoms with Crippen LogP contribution >= 0.6 is 23.2 Å². The molecule has 0 saturated heterocycles. The van der Waals surface area contributed by atoms with Crippen LogP contribution in [0.25, 0.3) is 0 Å². The molecule has 0 amide bonds. The van der Waals surface area contributed by atoms with Gasteiger partial charge < -0.3 is 5.32 Å². The second-order valence-corrected chi connectivity index (χ2v) is 3.97. The van der Waals surface area contributed by atoms with Crippen molar-refractivity contribution in [1.82, 2.24) is 9.97 Å². The number of aromatic nitrogens is 2. The fourth-order valence-corrected chi connectivity index (χ4v) is 1.52. The Labute approximate surface area is 108 Å². The molecule has 0 aliphatic rings. The number of halogens is 2. The zero-order chi connectivity index (χ0) is 12.3. The van der Waals surface area contributed by atoms with Crippen LogP contribution in [0, 0.1) is 11.3 Å². The van der Waals surface area contributed by atoms with E-state index in [1.54, 1.807) is 18.2 Å². The highest BCUT2D eigenvalue weighted by Crippen LogP contribution is 2.26. The summed E-state index contributed by atoms with van der Waals surface area (Å²) in [7, 11) is 0. The van der Waals surface area contributed by atoms with E-state index in [0.29, 0.717) is 27.1 Å². The average molecular weight is 265 g/mol. The monoisotopic (exact) mass is 264 g/mol. The minimum atomic E-state index is 0.360. The molecule has 0 aliphatic carbocycles. The van der Waals surface area contributed by atoms with Crippen molar-refractivity contribution in [2.24, 2.45) is 0 Å². The van der Waals surface area contributed by atoms with Crippen LogP contribution in [-0.4, -0.2) is 9.97 Å². The van der Waals surface area contributed by atoms with E-state index in [-0.39, 0.29) is 0 Å². The number of nitrogens with one attached hydrogen (secondary N) is 1. The van der Waals surface area contributed by atoms with Gasteiger partial charge in [-0.3, -0.25) is 0 Å². The third kappa shape index (κ3) is 2.64. The second-order valence-electron chi connectivity index (χ2n) is 3.15. The van der Waals surface area contributed by atoms with E-state index in [1.807, 2.05) is 6.07 Å². The smallest absolute Gasteiger partial charge is 0.151 e. The minimum absolute atomic E-state index is 0.360. The van der Waals surface area contributed by atoms with Gasteiger partial charge in [0, 0.05) is 5.69 Å². The Kier molecular flexibility index (Phi) is 3.43. The normalized spacial score (nSPS) is 9.71. The number of hydrogen-bond acceptors (Lipinski definition) is 4. The molecule has 0 radical (unpaired) electrons. The van der Waals surface area contributed by atoms with Crippen molar-refractivity contribution in [2.75, 3.05) is 5.32 Å². The van der Waals surface area contributed by atoms with Crippen LogP contribution in [0.15, 0.2) is 30.7 Å². The van der Waals surface area contributed by atoms with Gasteiger partial charge in [-0.1, -0.05) is 23.2 Å². The summed E-state index contributed by atoms with van der Waals surface area (Å²) < 4.78 is 0. The zero-order valence-corrected chi connectivity index (χ0v) is 10.00. The first-order chi connectivity index (χ1) is 8.20. The van der Waals surface area contributed by atoms with Crippen LogP contribution in [0.5, 0.6) is 0 Å². The van der Waals surface area contributed by atoms with Gasteiger partial charge in [0.1, 0.15) is 18.0 Å². The molecule has 0 fully saturated rings. The van der Waals surface area contributed by atoms with Crippen molar-refractivity contribution in [2.45, 2.75) is 0 Å². The quantitative estimate of drug-likeness (QED) is 0.903. The molecule has 0 unspecified atom stereocenters. The van der Waals surface area contributed by atoms with Gasteiger partial charge in [0.05, 0.1) is 16.2 Å². The molecule has 4 nitrogen and oxygen atoms in total. The van der Waals surface area contributed by atoms with Gasteiger partial charge in [-0.15, -0.1) is 0 Å². The van der Waals surface area contributed by atoms with Gasteiger partial charge in [0.25, 0.3) is 0 Å². The molecule has 2 rings (SSSR count). The summed E-state index contributed by atoms with van der Waals surface area (Å²) in [6.07, 6.45) is 2.80. The molecule has 17 heavy (non-hydrogen) atoms. The Morgan fingerprint density at radius 2 is 2.06 bits per heavy atom. The van der Waals surface area contributed by atoms with Crippen molar-refractivity contribution in [3.63, 3.8) is 0 Å². The molecule has 1 aromatic heterocycles. The maximum Gasteiger partial charge on any atom is 0.151 e. The molecule has 0 bridgehead atoms. The van der Waals surface area contributed by atoms with E-state index >= 15 is 0 Å². The summed E-state index contributed by atoms with van der Waals surface area (Å²) in [4.78, 5) is 7.74. The molecule has 0 aliphatic heterocycles. The van der Waals surface area contributed by atoms with Gasteiger partial charge in [0.2, 0.25) is 0 Å². The Hall–Kier alpha value is -1.83. The zero-order valence-electron chi connectivity index (χ0n) is 8.48. The van der Waals surface area contributed by atoms with Crippen LogP contribution in [0.2, 0.25) is 10.0 Å². The number of anilines is 2. The van der Waals surface area contributed by atoms with Crippen LogP contribution in [0.1, 0.15) is 5.56 Å². The van der Waals surface area contributed by atoms with Crippen molar-refractivity contribution < 1.29 is 0 Å².